The quantitative estimate of drug-likeness (QED) is 0.380. The van der Waals surface area contributed by atoms with Gasteiger partial charge in [0, 0.05) is 23.2 Å². The largest absolute Gasteiger partial charge is 0.481 e. The fourth-order valence-electron chi connectivity index (χ4n) is 4.76. The van der Waals surface area contributed by atoms with Crippen molar-refractivity contribution in [3.8, 4) is 11.4 Å². The molecule has 4 heterocycles. The monoisotopic (exact) mass is 472 g/mol. The molecule has 8 nitrogen and oxygen atoms in total. The highest BCUT2D eigenvalue weighted by Gasteiger charge is 2.45. The maximum absolute atomic E-state index is 13.7. The number of carbonyl (C=O) groups is 1. The van der Waals surface area contributed by atoms with E-state index >= 15 is 0 Å². The van der Waals surface area contributed by atoms with E-state index in [1.54, 1.807) is 12.4 Å². The number of H-pyrrole nitrogens is 1. The molecule has 7 rings (SSSR count). The van der Waals surface area contributed by atoms with Crippen molar-refractivity contribution >= 4 is 56.2 Å². The van der Waals surface area contributed by atoms with Crippen molar-refractivity contribution < 1.29 is 14.3 Å². The van der Waals surface area contributed by atoms with Gasteiger partial charge in [-0.25, -0.2) is 24.3 Å². The lowest BCUT2D eigenvalue weighted by Crippen LogP contribution is -2.49. The molecular formula is C21H18ClFN6O2S. The summed E-state index contributed by atoms with van der Waals surface area (Å²) < 4.78 is 13.7. The maximum Gasteiger partial charge on any atom is 0.309 e. The van der Waals surface area contributed by atoms with E-state index in [-0.39, 0.29) is 30.3 Å². The zero-order valence-electron chi connectivity index (χ0n) is 16.5. The van der Waals surface area contributed by atoms with Crippen LogP contribution in [-0.4, -0.2) is 42.0 Å². The topological polar surface area (TPSA) is 117 Å². The minimum atomic E-state index is -0.778. The van der Waals surface area contributed by atoms with E-state index in [0.29, 0.717) is 37.9 Å². The Labute approximate surface area is 191 Å². The summed E-state index contributed by atoms with van der Waals surface area (Å²) in [5.74, 6) is -0.997. The highest BCUT2D eigenvalue weighted by molar-refractivity contribution is 7.21. The molecule has 4 aromatic heterocycles. The molecule has 0 saturated heterocycles. The van der Waals surface area contributed by atoms with E-state index in [4.69, 9.17) is 0 Å². The van der Waals surface area contributed by atoms with Gasteiger partial charge in [0.1, 0.15) is 21.8 Å². The van der Waals surface area contributed by atoms with Crippen molar-refractivity contribution in [1.29, 1.82) is 0 Å². The predicted octanol–water partition coefficient (Wildman–Crippen LogP) is 4.27. The fraction of sp³-hybridized carbons (Fsp3) is 0.286. The molecule has 2 bridgehead atoms. The molecule has 0 aliphatic heterocycles. The Morgan fingerprint density at radius 3 is 2.78 bits per heavy atom. The number of carboxylic acids is 1. The second kappa shape index (κ2) is 7.79. The van der Waals surface area contributed by atoms with E-state index in [1.807, 2.05) is 6.08 Å². The van der Waals surface area contributed by atoms with E-state index in [0.717, 1.165) is 19.0 Å². The van der Waals surface area contributed by atoms with E-state index in [9.17, 15) is 14.3 Å². The number of hydrogen-bond donors (Lipinski definition) is 3. The van der Waals surface area contributed by atoms with Crippen LogP contribution in [0.5, 0.6) is 0 Å². The first-order valence-electron chi connectivity index (χ1n) is 10.0. The second-order valence-electron chi connectivity index (χ2n) is 7.98. The Kier molecular flexibility index (Phi) is 5.06. The molecule has 2 unspecified atom stereocenters. The molecule has 3 aliphatic carbocycles. The Morgan fingerprint density at radius 1 is 1.19 bits per heavy atom. The molecule has 32 heavy (non-hydrogen) atoms. The molecule has 1 fully saturated rings. The smallest absolute Gasteiger partial charge is 0.309 e. The van der Waals surface area contributed by atoms with Crippen molar-refractivity contribution in [3.63, 3.8) is 0 Å². The number of nitrogens with one attached hydrogen (secondary N) is 2. The standard InChI is InChI=1S/C21H17FN6O2S.ClH/c22-11-5-12-13(7-24-17(12)23-6-11)18-25-8-14-19(28-18)31-21(26-14)27-16-10-3-1-9(2-4-10)15(16)20(29)30;/h1,3,5-10,15-16H,2,4H2,(H,23,24)(H,26,27)(H,29,30);1H/t9?,10?,15-,16-;/m0./s1. The lowest BCUT2D eigenvalue weighted by Gasteiger charge is -2.43. The van der Waals surface area contributed by atoms with Crippen molar-refractivity contribution in [1.82, 2.24) is 24.9 Å². The molecule has 0 spiro atoms. The van der Waals surface area contributed by atoms with Crippen LogP contribution in [0.2, 0.25) is 0 Å². The number of hydrogen-bond acceptors (Lipinski definition) is 7. The van der Waals surface area contributed by atoms with E-state index < -0.39 is 17.7 Å². The van der Waals surface area contributed by atoms with Crippen LogP contribution in [0.15, 0.2) is 36.8 Å². The molecule has 1 saturated carbocycles. The van der Waals surface area contributed by atoms with Crippen molar-refractivity contribution in [3.05, 3.63) is 42.6 Å². The van der Waals surface area contributed by atoms with Crippen LogP contribution in [-0.2, 0) is 4.79 Å². The molecule has 4 atom stereocenters. The highest BCUT2D eigenvalue weighted by Crippen LogP contribution is 2.43. The Morgan fingerprint density at radius 2 is 2.00 bits per heavy atom. The number of carboxylic acid groups (broad SMARTS) is 1. The average Bonchev–Trinajstić information content (AvgIpc) is 3.36. The van der Waals surface area contributed by atoms with Gasteiger partial charge in [0.15, 0.2) is 11.0 Å². The zero-order chi connectivity index (χ0) is 21.1. The van der Waals surface area contributed by atoms with Crippen molar-refractivity contribution in [2.75, 3.05) is 5.32 Å². The number of halogens is 2. The predicted molar refractivity (Wildman–Crippen MR) is 121 cm³/mol. The van der Waals surface area contributed by atoms with Crippen LogP contribution >= 0.6 is 23.7 Å². The number of allylic oxidation sites excluding steroid dienone is 1. The summed E-state index contributed by atoms with van der Waals surface area (Å²) in [6.07, 6.45) is 10.5. The number of aliphatic carboxylic acids is 1. The van der Waals surface area contributed by atoms with Crippen LogP contribution in [0.4, 0.5) is 9.52 Å². The number of aromatic amines is 1. The molecule has 0 radical (unpaired) electrons. The summed E-state index contributed by atoms with van der Waals surface area (Å²) >= 11 is 1.36. The number of aromatic nitrogens is 5. The third-order valence-corrected chi connectivity index (χ3v) is 7.11. The normalized spacial score (nSPS) is 24.0. The van der Waals surface area contributed by atoms with Crippen LogP contribution in [0.1, 0.15) is 12.8 Å². The third-order valence-electron chi connectivity index (χ3n) is 6.21. The van der Waals surface area contributed by atoms with Gasteiger partial charge in [-0.2, -0.15) is 0 Å². The van der Waals surface area contributed by atoms with E-state index in [2.05, 4.69) is 36.3 Å². The van der Waals surface area contributed by atoms with Gasteiger partial charge in [-0.1, -0.05) is 23.5 Å². The van der Waals surface area contributed by atoms with Crippen LogP contribution in [0, 0.1) is 23.6 Å². The first-order chi connectivity index (χ1) is 15.1. The fourth-order valence-corrected chi connectivity index (χ4v) is 5.62. The van der Waals surface area contributed by atoms with Gasteiger partial charge in [-0.05, 0) is 30.7 Å². The number of anilines is 1. The summed E-state index contributed by atoms with van der Waals surface area (Å²) in [6.45, 7) is 0. The van der Waals surface area contributed by atoms with Gasteiger partial charge in [0.05, 0.1) is 18.3 Å². The van der Waals surface area contributed by atoms with Gasteiger partial charge >= 0.3 is 5.97 Å². The summed E-state index contributed by atoms with van der Waals surface area (Å²) in [6, 6.07) is 1.20. The number of fused-ring (bicyclic) bond motifs is 4. The first-order valence-corrected chi connectivity index (χ1v) is 10.8. The van der Waals surface area contributed by atoms with Gasteiger partial charge < -0.3 is 15.4 Å². The number of pyridine rings is 1. The summed E-state index contributed by atoms with van der Waals surface area (Å²) in [7, 11) is 0. The minimum Gasteiger partial charge on any atom is -0.481 e. The third kappa shape index (κ3) is 3.30. The summed E-state index contributed by atoms with van der Waals surface area (Å²) in [5, 5.41) is 14.4. The molecule has 3 N–H and O–H groups in total. The second-order valence-corrected chi connectivity index (χ2v) is 8.96. The van der Waals surface area contributed by atoms with Gasteiger partial charge in [0.25, 0.3) is 0 Å². The average molecular weight is 473 g/mol. The number of nitrogens with zero attached hydrogens (tertiary/aromatic N) is 4. The van der Waals surface area contributed by atoms with Gasteiger partial charge in [-0.3, -0.25) is 4.79 Å². The molecule has 0 aromatic carbocycles. The van der Waals surface area contributed by atoms with Crippen molar-refractivity contribution in [2.24, 2.45) is 17.8 Å². The molecule has 4 aromatic rings. The lowest BCUT2D eigenvalue weighted by atomic mass is 9.66. The molecule has 3 aliphatic rings. The summed E-state index contributed by atoms with van der Waals surface area (Å²) in [4.78, 5) is 33.2. The van der Waals surface area contributed by atoms with Crippen LogP contribution in [0.3, 0.4) is 0 Å². The zero-order valence-corrected chi connectivity index (χ0v) is 18.2. The first kappa shape index (κ1) is 20.8. The Bertz CT molecular complexity index is 1370. The van der Waals surface area contributed by atoms with Crippen LogP contribution < -0.4 is 5.32 Å². The SMILES string of the molecule is Cl.O=C(O)[C@H]1C2C=CC(CC2)[C@@H]1Nc1nc2cnc(-c3c[nH]c4ncc(F)cc34)nc2s1. The lowest BCUT2D eigenvalue weighted by molar-refractivity contribution is -0.145. The molecule has 0 amide bonds. The minimum absolute atomic E-state index is 0. The van der Waals surface area contributed by atoms with Crippen molar-refractivity contribution in [2.45, 2.75) is 18.9 Å². The molecule has 164 valence electrons. The summed E-state index contributed by atoms with van der Waals surface area (Å²) in [5.41, 5.74) is 1.85. The van der Waals surface area contributed by atoms with E-state index in [1.165, 1.54) is 17.4 Å². The van der Waals surface area contributed by atoms with Crippen LogP contribution in [0.25, 0.3) is 32.8 Å². The number of thiazole rings is 1. The van der Waals surface area contributed by atoms with Gasteiger partial charge in [-0.15, -0.1) is 12.4 Å². The molecule has 11 heteroatoms. The molecular weight excluding hydrogens is 455 g/mol. The Hall–Kier alpha value is -3.11. The highest BCUT2D eigenvalue weighted by atomic mass is 35.5. The number of rotatable bonds is 4. The maximum atomic E-state index is 13.7. The Balaban J connectivity index is 0.00000216. The van der Waals surface area contributed by atoms with Gasteiger partial charge in [0.2, 0.25) is 0 Å².